The number of aromatic amines is 1. The van der Waals surface area contributed by atoms with E-state index in [-0.39, 0.29) is 17.4 Å². The number of ether oxygens (including phenoxy) is 1. The van der Waals surface area contributed by atoms with Gasteiger partial charge in [-0.2, -0.15) is 0 Å². The number of fused-ring (bicyclic) bond motifs is 1. The number of phenols is 1. The average molecular weight is 373 g/mol. The number of nitrogens with zero attached hydrogens (tertiary/aromatic N) is 1. The molecule has 1 heterocycles. The van der Waals surface area contributed by atoms with Gasteiger partial charge in [0.1, 0.15) is 12.4 Å². The van der Waals surface area contributed by atoms with Gasteiger partial charge < -0.3 is 19.7 Å². The molecule has 0 atom stereocenters. The maximum atomic E-state index is 12.8. The van der Waals surface area contributed by atoms with E-state index in [9.17, 15) is 9.90 Å². The van der Waals surface area contributed by atoms with E-state index in [0.717, 1.165) is 5.56 Å². The van der Waals surface area contributed by atoms with Crippen molar-refractivity contribution < 1.29 is 14.6 Å². The lowest BCUT2D eigenvalue weighted by Crippen LogP contribution is -2.12. The van der Waals surface area contributed by atoms with E-state index < -0.39 is 5.97 Å². The van der Waals surface area contributed by atoms with Crippen molar-refractivity contribution in [1.82, 2.24) is 9.88 Å². The number of aromatic hydroxyl groups is 1. The highest BCUT2D eigenvalue weighted by Crippen LogP contribution is 2.38. The van der Waals surface area contributed by atoms with Crippen LogP contribution in [0.15, 0.2) is 36.4 Å². The van der Waals surface area contributed by atoms with Crippen molar-refractivity contribution in [3.05, 3.63) is 63.8 Å². The van der Waals surface area contributed by atoms with Gasteiger partial charge in [0.05, 0.1) is 10.6 Å². The Morgan fingerprint density at radius 2 is 1.96 bits per heavy atom. The molecule has 0 fully saturated rings. The van der Waals surface area contributed by atoms with Crippen LogP contribution in [0.5, 0.6) is 5.75 Å². The molecule has 0 saturated carbocycles. The summed E-state index contributed by atoms with van der Waals surface area (Å²) in [5.74, 6) is -0.441. The normalized spacial score (nSPS) is 11.3. The summed E-state index contributed by atoms with van der Waals surface area (Å²) in [6.07, 6.45) is 0. The minimum Gasteiger partial charge on any atom is -0.506 e. The molecule has 0 aliphatic rings. The molecule has 3 rings (SSSR count). The topological polar surface area (TPSA) is 65.6 Å². The van der Waals surface area contributed by atoms with Crippen LogP contribution < -0.4 is 0 Å². The fourth-order valence-electron chi connectivity index (χ4n) is 3.05. The zero-order valence-corrected chi connectivity index (χ0v) is 15.7. The van der Waals surface area contributed by atoms with Crippen LogP contribution in [-0.2, 0) is 17.9 Å². The van der Waals surface area contributed by atoms with E-state index in [1.54, 1.807) is 6.07 Å². The quantitative estimate of drug-likeness (QED) is 0.657. The summed E-state index contributed by atoms with van der Waals surface area (Å²) in [5.41, 5.74) is 3.33. The van der Waals surface area contributed by atoms with Crippen LogP contribution >= 0.6 is 11.6 Å². The van der Waals surface area contributed by atoms with E-state index >= 15 is 0 Å². The summed E-state index contributed by atoms with van der Waals surface area (Å²) in [4.78, 5) is 17.9. The van der Waals surface area contributed by atoms with E-state index in [1.807, 2.05) is 56.3 Å². The van der Waals surface area contributed by atoms with E-state index in [1.165, 1.54) is 0 Å². The Labute approximate surface area is 157 Å². The molecule has 0 spiro atoms. The number of aromatic nitrogens is 1. The predicted molar refractivity (Wildman–Crippen MR) is 103 cm³/mol. The van der Waals surface area contributed by atoms with Gasteiger partial charge in [-0.1, -0.05) is 41.9 Å². The first-order chi connectivity index (χ1) is 12.4. The second-order valence-corrected chi connectivity index (χ2v) is 6.94. The summed E-state index contributed by atoms with van der Waals surface area (Å²) >= 11 is 6.15. The highest BCUT2D eigenvalue weighted by Gasteiger charge is 2.24. The summed E-state index contributed by atoms with van der Waals surface area (Å²) in [7, 11) is 3.78. The number of aryl methyl sites for hydroxylation is 1. The second-order valence-electron chi connectivity index (χ2n) is 6.53. The van der Waals surface area contributed by atoms with Crippen molar-refractivity contribution in [3.63, 3.8) is 0 Å². The molecule has 0 amide bonds. The molecule has 6 heteroatoms. The molecule has 26 heavy (non-hydrogen) atoms. The third-order valence-electron chi connectivity index (χ3n) is 4.19. The Morgan fingerprint density at radius 3 is 2.62 bits per heavy atom. The average Bonchev–Trinajstić information content (AvgIpc) is 2.93. The maximum Gasteiger partial charge on any atom is 0.340 e. The minimum absolute atomic E-state index is 0.0102. The van der Waals surface area contributed by atoms with Gasteiger partial charge >= 0.3 is 5.97 Å². The molecule has 0 saturated heterocycles. The number of halogens is 1. The zero-order valence-electron chi connectivity index (χ0n) is 15.0. The first kappa shape index (κ1) is 18.3. The molecule has 5 nitrogen and oxygen atoms in total. The summed E-state index contributed by atoms with van der Waals surface area (Å²) < 4.78 is 5.50. The van der Waals surface area contributed by atoms with Crippen molar-refractivity contribution in [1.29, 1.82) is 0 Å². The van der Waals surface area contributed by atoms with Crippen molar-refractivity contribution in [2.75, 3.05) is 14.1 Å². The van der Waals surface area contributed by atoms with Crippen molar-refractivity contribution in [2.24, 2.45) is 0 Å². The summed E-state index contributed by atoms with van der Waals surface area (Å²) in [5, 5.41) is 11.3. The van der Waals surface area contributed by atoms with Crippen molar-refractivity contribution >= 4 is 28.5 Å². The minimum atomic E-state index is -0.431. The van der Waals surface area contributed by atoms with Gasteiger partial charge in [0.2, 0.25) is 0 Å². The molecule has 0 bridgehead atoms. The molecular weight excluding hydrogens is 352 g/mol. The number of rotatable bonds is 5. The number of phenolic OH excluding ortho intramolecular Hbond substituents is 1. The Bertz CT molecular complexity index is 949. The highest BCUT2D eigenvalue weighted by molar-refractivity contribution is 6.33. The molecule has 2 N–H and O–H groups in total. The van der Waals surface area contributed by atoms with Gasteiger partial charge in [-0.05, 0) is 32.6 Å². The van der Waals surface area contributed by atoms with Crippen LogP contribution in [0.2, 0.25) is 5.02 Å². The second kappa shape index (κ2) is 7.40. The van der Waals surface area contributed by atoms with Crippen molar-refractivity contribution in [3.8, 4) is 5.75 Å². The number of nitrogens with one attached hydrogen (secondary N) is 1. The molecule has 1 aromatic heterocycles. The summed E-state index contributed by atoms with van der Waals surface area (Å²) in [6.45, 7) is 2.44. The summed E-state index contributed by atoms with van der Waals surface area (Å²) in [6, 6.07) is 11.1. The van der Waals surface area contributed by atoms with E-state index in [4.69, 9.17) is 16.3 Å². The molecule has 2 aromatic carbocycles. The zero-order chi connectivity index (χ0) is 18.8. The van der Waals surface area contributed by atoms with Crippen LogP contribution in [0.25, 0.3) is 10.9 Å². The Hall–Kier alpha value is -2.50. The number of carbonyl (C=O) groups excluding carboxylic acids is 1. The van der Waals surface area contributed by atoms with Gasteiger partial charge in [0.25, 0.3) is 0 Å². The van der Waals surface area contributed by atoms with Gasteiger partial charge in [0.15, 0.2) is 0 Å². The Balaban J connectivity index is 2.03. The number of hydrogen-bond donors (Lipinski definition) is 2. The van der Waals surface area contributed by atoms with E-state index in [2.05, 4.69) is 4.98 Å². The van der Waals surface area contributed by atoms with Gasteiger partial charge in [-0.3, -0.25) is 0 Å². The van der Waals surface area contributed by atoms with Crippen molar-refractivity contribution in [2.45, 2.75) is 20.1 Å². The number of carbonyl (C=O) groups is 1. The van der Waals surface area contributed by atoms with Crippen LogP contribution in [0.4, 0.5) is 0 Å². The third-order valence-corrected chi connectivity index (χ3v) is 4.48. The number of esters is 1. The van der Waals surface area contributed by atoms with Crippen LogP contribution in [-0.4, -0.2) is 35.1 Å². The van der Waals surface area contributed by atoms with Crippen LogP contribution in [0.1, 0.15) is 27.2 Å². The number of benzene rings is 2. The molecular formula is C20H21ClN2O3. The molecule has 136 valence electrons. The molecule has 0 aliphatic heterocycles. The Kier molecular flexibility index (Phi) is 5.20. The first-order valence-electron chi connectivity index (χ1n) is 8.27. The standard InChI is InChI=1S/C20H21ClN2O3/c1-12-17(20(25)26-11-13-7-5-4-6-8-13)18-14(10-23(2)3)19(24)15(21)9-16(18)22-12/h4-9,22,24H,10-11H2,1-3H3. The molecule has 0 radical (unpaired) electrons. The van der Waals surface area contributed by atoms with Gasteiger partial charge in [-0.15, -0.1) is 0 Å². The lowest BCUT2D eigenvalue weighted by Gasteiger charge is -2.14. The monoisotopic (exact) mass is 372 g/mol. The van der Waals surface area contributed by atoms with Crippen LogP contribution in [0, 0.1) is 6.92 Å². The van der Waals surface area contributed by atoms with Gasteiger partial charge in [0, 0.05) is 28.7 Å². The lowest BCUT2D eigenvalue weighted by molar-refractivity contribution is 0.0474. The van der Waals surface area contributed by atoms with E-state index in [0.29, 0.717) is 34.3 Å². The largest absolute Gasteiger partial charge is 0.506 e. The fraction of sp³-hybridized carbons (Fsp3) is 0.250. The molecule has 3 aromatic rings. The highest BCUT2D eigenvalue weighted by atomic mass is 35.5. The maximum absolute atomic E-state index is 12.8. The third kappa shape index (κ3) is 3.54. The number of H-pyrrole nitrogens is 1. The fourth-order valence-corrected chi connectivity index (χ4v) is 3.27. The SMILES string of the molecule is Cc1[nH]c2cc(Cl)c(O)c(CN(C)C)c2c1C(=O)OCc1ccccc1. The van der Waals surface area contributed by atoms with Gasteiger partial charge in [-0.25, -0.2) is 4.79 Å². The molecule has 0 unspecified atom stereocenters. The lowest BCUT2D eigenvalue weighted by atomic mass is 10.0. The number of hydrogen-bond acceptors (Lipinski definition) is 4. The first-order valence-corrected chi connectivity index (χ1v) is 8.64. The predicted octanol–water partition coefficient (Wildman–Crippen LogP) is 4.25. The van der Waals surface area contributed by atoms with Crippen LogP contribution in [0.3, 0.4) is 0 Å². The molecule has 0 aliphatic carbocycles. The smallest absolute Gasteiger partial charge is 0.340 e. The Morgan fingerprint density at radius 1 is 1.27 bits per heavy atom.